The van der Waals surface area contributed by atoms with E-state index in [0.717, 1.165) is 44.6 Å². The smallest absolute Gasteiger partial charge is 0.160 e. The standard InChI is InChI=1S/C51H35N3/c1-2-9-34(10-3-1)35-16-22-38(23-17-35)49-32-50(39-24-18-37(19-25-39)42-11-8-30-52-33-42)54-51(53-49)40-26-20-36(21-27-40)41-28-29-47-45-14-5-4-12-43(45)44-13-6-7-15-46(44)48(47)31-41/h1-2,4-9,11-33H,3,10H2/i1D,2D,3D,9D,10D. The molecule has 7 aromatic carbocycles. The Morgan fingerprint density at radius 1 is 0.444 bits per heavy atom. The summed E-state index contributed by atoms with van der Waals surface area (Å²) < 4.78 is 41.6. The predicted molar refractivity (Wildman–Crippen MR) is 226 cm³/mol. The van der Waals surface area contributed by atoms with Crippen LogP contribution in [0.1, 0.15) is 25.2 Å². The molecule has 0 bridgehead atoms. The van der Waals surface area contributed by atoms with Crippen LogP contribution in [0.4, 0.5) is 0 Å². The van der Waals surface area contributed by atoms with Gasteiger partial charge >= 0.3 is 0 Å². The van der Waals surface area contributed by atoms with Crippen molar-refractivity contribution in [2.24, 2.45) is 0 Å². The van der Waals surface area contributed by atoms with Gasteiger partial charge in [0.2, 0.25) is 0 Å². The van der Waals surface area contributed by atoms with Gasteiger partial charge in [0.1, 0.15) is 0 Å². The number of nitrogens with zero attached hydrogens (tertiary/aromatic N) is 3. The normalized spacial score (nSPS) is 17.3. The van der Waals surface area contributed by atoms with E-state index in [4.69, 9.17) is 16.8 Å². The molecule has 0 saturated heterocycles. The van der Waals surface area contributed by atoms with Gasteiger partial charge in [-0.3, -0.25) is 4.98 Å². The minimum atomic E-state index is -1.21. The molecule has 1 aliphatic carbocycles. The monoisotopic (exact) mass is 694 g/mol. The Hall–Kier alpha value is -6.97. The van der Waals surface area contributed by atoms with E-state index in [2.05, 4.69) is 120 Å². The minimum absolute atomic E-state index is 0.179. The van der Waals surface area contributed by atoms with Gasteiger partial charge in [-0.25, -0.2) is 9.97 Å². The summed E-state index contributed by atoms with van der Waals surface area (Å²) in [6.45, 7) is 0. The van der Waals surface area contributed by atoms with Crippen molar-refractivity contribution in [3.63, 3.8) is 0 Å². The van der Waals surface area contributed by atoms with Gasteiger partial charge in [-0.15, -0.1) is 0 Å². The molecule has 254 valence electrons. The third kappa shape index (κ3) is 5.86. The molecule has 54 heavy (non-hydrogen) atoms. The second-order valence-corrected chi connectivity index (χ2v) is 13.4. The number of fused-ring (bicyclic) bond motifs is 6. The van der Waals surface area contributed by atoms with Gasteiger partial charge in [0.05, 0.1) is 15.5 Å². The first-order valence-electron chi connectivity index (χ1n) is 20.7. The molecular formula is C51H35N3. The third-order valence-corrected chi connectivity index (χ3v) is 10.2. The number of aromatic nitrogens is 3. The quantitative estimate of drug-likeness (QED) is 0.163. The van der Waals surface area contributed by atoms with Crippen LogP contribution in [0.25, 0.3) is 94.0 Å². The van der Waals surface area contributed by atoms with Crippen LogP contribution in [0.15, 0.2) is 188 Å². The lowest BCUT2D eigenvalue weighted by molar-refractivity contribution is 1.05. The van der Waals surface area contributed by atoms with Crippen LogP contribution in [-0.4, -0.2) is 15.0 Å². The number of hydrogen-bond donors (Lipinski definition) is 0. The van der Waals surface area contributed by atoms with E-state index in [1.54, 1.807) is 6.20 Å². The van der Waals surface area contributed by atoms with Crippen molar-refractivity contribution in [3.8, 4) is 56.2 Å². The van der Waals surface area contributed by atoms with E-state index in [9.17, 15) is 0 Å². The molecular weight excluding hydrogens is 655 g/mol. The first kappa shape index (κ1) is 26.8. The predicted octanol–water partition coefficient (Wildman–Crippen LogP) is 13.4. The number of hydrogen-bond acceptors (Lipinski definition) is 3. The summed E-state index contributed by atoms with van der Waals surface area (Å²) in [6, 6.07) is 53.1. The molecule has 9 aromatic rings. The average molecular weight is 695 g/mol. The largest absolute Gasteiger partial charge is 0.264 e. The Bertz CT molecular complexity index is 3110. The van der Waals surface area contributed by atoms with Crippen LogP contribution in [0.5, 0.6) is 0 Å². The van der Waals surface area contributed by atoms with Crippen LogP contribution < -0.4 is 0 Å². The van der Waals surface area contributed by atoms with E-state index >= 15 is 0 Å². The van der Waals surface area contributed by atoms with E-state index in [1.807, 2.05) is 48.7 Å². The molecule has 2 atom stereocenters. The summed E-state index contributed by atoms with van der Waals surface area (Å²) in [6.07, 6.45) is 1.27. The lowest BCUT2D eigenvalue weighted by Crippen LogP contribution is -1.96. The second kappa shape index (κ2) is 13.5. The SMILES string of the molecule is [2H]C1=C([2H])C([2H])C([2H])C(c2ccc(-c3cc(-c4ccc(-c5cccnc5)cc4)nc(-c4ccc(-c5ccc6c7ccccc7c7ccccc7c6c5)cc4)n3)cc2)=C1[2H]. The molecule has 0 fully saturated rings. The summed E-state index contributed by atoms with van der Waals surface area (Å²) in [5, 5.41) is 7.42. The fraction of sp³-hybridized carbons (Fsp3) is 0.0392. The zero-order chi connectivity index (χ0) is 40.2. The van der Waals surface area contributed by atoms with Crippen molar-refractivity contribution in [3.05, 3.63) is 194 Å². The summed E-state index contributed by atoms with van der Waals surface area (Å²) in [5.41, 5.74) is 9.20. The van der Waals surface area contributed by atoms with E-state index in [1.165, 1.54) is 32.3 Å². The zero-order valence-corrected chi connectivity index (χ0v) is 29.2. The number of rotatable bonds is 6. The molecule has 0 aliphatic heterocycles. The zero-order valence-electron chi connectivity index (χ0n) is 34.2. The molecule has 0 radical (unpaired) electrons. The van der Waals surface area contributed by atoms with Crippen molar-refractivity contribution in [1.82, 2.24) is 15.0 Å². The molecule has 0 saturated carbocycles. The molecule has 0 amide bonds. The lowest BCUT2D eigenvalue weighted by Gasteiger charge is -2.13. The summed E-state index contributed by atoms with van der Waals surface area (Å²) in [7, 11) is 0. The number of benzene rings is 7. The van der Waals surface area contributed by atoms with Crippen LogP contribution in [0.3, 0.4) is 0 Å². The minimum Gasteiger partial charge on any atom is -0.264 e. The molecule has 2 heterocycles. The molecule has 3 nitrogen and oxygen atoms in total. The molecule has 0 N–H and O–H groups in total. The van der Waals surface area contributed by atoms with E-state index < -0.39 is 12.8 Å². The number of allylic oxidation sites excluding steroid dienone is 4. The topological polar surface area (TPSA) is 38.7 Å². The highest BCUT2D eigenvalue weighted by Gasteiger charge is 2.14. The average Bonchev–Trinajstić information content (AvgIpc) is 3.30. The molecule has 2 unspecified atom stereocenters. The van der Waals surface area contributed by atoms with Gasteiger partial charge in [0.15, 0.2) is 5.82 Å². The summed E-state index contributed by atoms with van der Waals surface area (Å²) in [5.74, 6) is 0.569. The number of pyridine rings is 1. The lowest BCUT2D eigenvalue weighted by atomic mass is 9.92. The van der Waals surface area contributed by atoms with Gasteiger partial charge in [0, 0.05) is 31.8 Å². The Labute approximate surface area is 321 Å². The van der Waals surface area contributed by atoms with Gasteiger partial charge in [-0.2, -0.15) is 0 Å². The third-order valence-electron chi connectivity index (χ3n) is 10.2. The van der Waals surface area contributed by atoms with Crippen molar-refractivity contribution in [2.75, 3.05) is 0 Å². The van der Waals surface area contributed by atoms with Gasteiger partial charge in [-0.05, 0) is 96.7 Å². The Kier molecular flexibility index (Phi) is 6.71. The highest BCUT2D eigenvalue weighted by molar-refractivity contribution is 6.25. The van der Waals surface area contributed by atoms with Gasteiger partial charge in [-0.1, -0.05) is 158 Å². The first-order chi connectivity index (χ1) is 28.8. The fourth-order valence-electron chi connectivity index (χ4n) is 7.44. The Morgan fingerprint density at radius 2 is 0.963 bits per heavy atom. The van der Waals surface area contributed by atoms with Crippen molar-refractivity contribution in [2.45, 2.75) is 12.8 Å². The van der Waals surface area contributed by atoms with Crippen LogP contribution >= 0.6 is 0 Å². The Balaban J connectivity index is 1.04. The Morgan fingerprint density at radius 3 is 1.57 bits per heavy atom. The van der Waals surface area contributed by atoms with Crippen LogP contribution in [-0.2, 0) is 0 Å². The second-order valence-electron chi connectivity index (χ2n) is 13.4. The maximum atomic E-state index is 8.60. The van der Waals surface area contributed by atoms with Crippen molar-refractivity contribution in [1.29, 1.82) is 0 Å². The van der Waals surface area contributed by atoms with E-state index in [0.29, 0.717) is 17.1 Å². The highest BCUT2D eigenvalue weighted by Crippen LogP contribution is 2.38. The first-order valence-corrected chi connectivity index (χ1v) is 18.0. The summed E-state index contributed by atoms with van der Waals surface area (Å²) in [4.78, 5) is 14.5. The maximum absolute atomic E-state index is 8.60. The van der Waals surface area contributed by atoms with Crippen LogP contribution in [0.2, 0.25) is 0 Å². The molecule has 10 rings (SSSR count). The highest BCUT2D eigenvalue weighted by atomic mass is 14.9. The van der Waals surface area contributed by atoms with Crippen molar-refractivity contribution >= 4 is 37.9 Å². The van der Waals surface area contributed by atoms with Gasteiger partial charge in [0.25, 0.3) is 0 Å². The molecule has 2 aromatic heterocycles. The molecule has 0 spiro atoms. The van der Waals surface area contributed by atoms with Crippen LogP contribution in [0, 0.1) is 0 Å². The van der Waals surface area contributed by atoms with Crippen molar-refractivity contribution < 1.29 is 6.85 Å². The maximum Gasteiger partial charge on any atom is 0.160 e. The molecule has 1 aliphatic rings. The summed E-state index contributed by atoms with van der Waals surface area (Å²) >= 11 is 0. The van der Waals surface area contributed by atoms with E-state index in [-0.39, 0.29) is 23.7 Å². The van der Waals surface area contributed by atoms with Gasteiger partial charge < -0.3 is 0 Å². The molecule has 3 heteroatoms. The fourth-order valence-corrected chi connectivity index (χ4v) is 7.44.